The van der Waals surface area contributed by atoms with Crippen LogP contribution in [0.3, 0.4) is 0 Å². The first kappa shape index (κ1) is 34.8. The van der Waals surface area contributed by atoms with E-state index >= 15 is 0 Å². The average Bonchev–Trinajstić information content (AvgIpc) is 3.41. The Hall–Kier alpha value is -1.49. The van der Waals surface area contributed by atoms with Crippen LogP contribution in [0.15, 0.2) is 61.7 Å². The van der Waals surface area contributed by atoms with E-state index in [1.54, 1.807) is 30.1 Å². The zero-order valence-corrected chi connectivity index (χ0v) is 31.0. The van der Waals surface area contributed by atoms with E-state index in [1.165, 1.54) is 62.5 Å². The van der Waals surface area contributed by atoms with E-state index in [4.69, 9.17) is 13.6 Å². The summed E-state index contributed by atoms with van der Waals surface area (Å²) < 4.78 is 2.40. The fraction of sp³-hybridized carbons (Fsp3) is 0.619. The fourth-order valence-corrected chi connectivity index (χ4v) is 15.5. The second-order valence-electron chi connectivity index (χ2n) is 15.6. The number of anilines is 1. The number of halogens is 1. The number of benzene rings is 2. The molecule has 1 heterocycles. The van der Waals surface area contributed by atoms with E-state index in [2.05, 4.69) is 58.2 Å². The van der Waals surface area contributed by atoms with Gasteiger partial charge in [-0.05, 0) is 12.5 Å². The number of nitrogens with two attached hydrogens (primary N) is 1. The molecule has 4 fully saturated rings. The van der Waals surface area contributed by atoms with Crippen molar-refractivity contribution in [3.05, 3.63) is 72.8 Å². The van der Waals surface area contributed by atoms with Crippen molar-refractivity contribution >= 4 is 30.1 Å². The van der Waals surface area contributed by atoms with Crippen LogP contribution in [-0.2, 0) is 0 Å². The maximum Gasteiger partial charge on any atom is 0.113 e. The van der Waals surface area contributed by atoms with Crippen LogP contribution >= 0.6 is 0 Å². The summed E-state index contributed by atoms with van der Waals surface area (Å²) in [6.07, 6.45) is 17.7. The standard InChI is InChI=1S/C33H51IN.C9H9B/c1-5-6-7-8-23(3)29-13-14-30-27-19-26(18-24(4)25-9-11-28(35)12-10-25)32-17-22(2)15-16-33(32,20-27)34-21-31(29)30;1-7(2)8-3-5-9(10)6-4-8/h9-12,22-23,26-27,29-32H,4-8,13-21,35H2,1-3H3;3-6H,1H2,2H3/q-1;. The molecular formula is C42H60BIN-. The van der Waals surface area contributed by atoms with Crippen molar-refractivity contribution in [3.8, 4) is 0 Å². The Morgan fingerprint density at radius 3 is 2.38 bits per heavy atom. The molecule has 2 N–H and O–H groups in total. The molecule has 1 spiro atoms. The van der Waals surface area contributed by atoms with Crippen LogP contribution in [0.2, 0.25) is 0 Å². The summed E-state index contributed by atoms with van der Waals surface area (Å²) in [5.41, 5.74) is 12.5. The summed E-state index contributed by atoms with van der Waals surface area (Å²) in [5.74, 6) is 7.87. The van der Waals surface area contributed by atoms with Crippen LogP contribution in [0.25, 0.3) is 11.1 Å². The van der Waals surface area contributed by atoms with Crippen molar-refractivity contribution in [1.82, 2.24) is 0 Å². The molecule has 4 aliphatic rings. The van der Waals surface area contributed by atoms with Crippen LogP contribution in [-0.4, -0.2) is 15.7 Å². The molecule has 0 amide bonds. The first-order valence-electron chi connectivity index (χ1n) is 18.3. The summed E-state index contributed by atoms with van der Waals surface area (Å²) in [6.45, 7) is 17.9. The number of hydrogen-bond acceptors (Lipinski definition) is 1. The van der Waals surface area contributed by atoms with Gasteiger partial charge in [-0.15, -0.1) is 0 Å². The Kier molecular flexibility index (Phi) is 12.1. The van der Waals surface area contributed by atoms with Crippen molar-refractivity contribution in [3.63, 3.8) is 0 Å². The average molecular weight is 717 g/mol. The van der Waals surface area contributed by atoms with Gasteiger partial charge in [0.25, 0.3) is 0 Å². The molecule has 3 aliphatic carbocycles. The summed E-state index contributed by atoms with van der Waals surface area (Å²) >= 11 is 0.281. The molecule has 0 aromatic heterocycles. The predicted molar refractivity (Wildman–Crippen MR) is 194 cm³/mol. The van der Waals surface area contributed by atoms with Gasteiger partial charge in [-0.3, -0.25) is 0 Å². The number of alkyl halides is 2. The van der Waals surface area contributed by atoms with Crippen LogP contribution in [0.4, 0.5) is 5.69 Å². The van der Waals surface area contributed by atoms with Gasteiger partial charge >= 0.3 is 228 Å². The third-order valence-corrected chi connectivity index (χ3v) is 17.2. The van der Waals surface area contributed by atoms with Gasteiger partial charge in [0, 0.05) is 0 Å². The number of rotatable bonds is 9. The molecule has 1 saturated heterocycles. The molecule has 2 aromatic rings. The molecule has 2 radical (unpaired) electrons. The Labute approximate surface area is 288 Å². The minimum absolute atomic E-state index is 0.281. The van der Waals surface area contributed by atoms with Gasteiger partial charge in [-0.1, -0.05) is 41.9 Å². The molecule has 2 bridgehead atoms. The van der Waals surface area contributed by atoms with Gasteiger partial charge in [-0.25, -0.2) is 0 Å². The second-order valence-corrected chi connectivity index (χ2v) is 19.4. The van der Waals surface area contributed by atoms with Crippen molar-refractivity contribution in [2.24, 2.45) is 47.3 Å². The quantitative estimate of drug-likeness (QED) is 0.0950. The molecule has 45 heavy (non-hydrogen) atoms. The Balaban J connectivity index is 0.000000342. The minimum Gasteiger partial charge on any atom is -0.0966 e. The summed E-state index contributed by atoms with van der Waals surface area (Å²) in [5, 5.41) is 0. The Morgan fingerprint density at radius 2 is 1.69 bits per heavy atom. The molecule has 6 rings (SSSR count). The van der Waals surface area contributed by atoms with E-state index in [1.807, 2.05) is 31.2 Å². The molecule has 1 nitrogen and oxygen atoms in total. The van der Waals surface area contributed by atoms with Gasteiger partial charge in [0.05, 0.1) is 0 Å². The summed E-state index contributed by atoms with van der Waals surface area (Å²) in [7, 11) is 5.50. The molecule has 244 valence electrons. The van der Waals surface area contributed by atoms with Crippen molar-refractivity contribution < 1.29 is 21.2 Å². The van der Waals surface area contributed by atoms with Crippen LogP contribution in [0.1, 0.15) is 116 Å². The van der Waals surface area contributed by atoms with Gasteiger partial charge < -0.3 is 0 Å². The Bertz CT molecular complexity index is 1270. The summed E-state index contributed by atoms with van der Waals surface area (Å²) in [4.78, 5) is 0. The number of fused-ring (bicyclic) bond motifs is 3. The van der Waals surface area contributed by atoms with E-state index in [9.17, 15) is 0 Å². The molecular weight excluding hydrogens is 656 g/mol. The number of hydrogen-bond donors (Lipinski definition) is 1. The SMILES string of the molecule is C=C(CC1CC2CC3(CCC(C)CC13)[I-]CC1C(C(C)CCCCC)CCC21)c1ccc(N)cc1.[B]c1ccc(C(=C)C)cc1. The fourth-order valence-electron chi connectivity index (χ4n) is 9.89. The summed E-state index contributed by atoms with van der Waals surface area (Å²) in [6, 6.07) is 16.2. The Morgan fingerprint density at radius 1 is 0.978 bits per heavy atom. The number of unbranched alkanes of at least 4 members (excludes halogenated alkanes) is 2. The molecule has 3 heteroatoms. The topological polar surface area (TPSA) is 26.0 Å². The molecule has 1 aliphatic heterocycles. The molecule has 3 saturated carbocycles. The van der Waals surface area contributed by atoms with Gasteiger partial charge in [0.1, 0.15) is 7.85 Å². The van der Waals surface area contributed by atoms with E-state index in [-0.39, 0.29) is 21.2 Å². The molecule has 2 aromatic carbocycles. The maximum absolute atomic E-state index is 5.98. The van der Waals surface area contributed by atoms with Crippen LogP contribution < -0.4 is 32.4 Å². The largest absolute Gasteiger partial charge is 0.113 e. The van der Waals surface area contributed by atoms with Gasteiger partial charge in [-0.2, -0.15) is 0 Å². The predicted octanol–water partition coefficient (Wildman–Crippen LogP) is 7.35. The van der Waals surface area contributed by atoms with Crippen LogP contribution in [0.5, 0.6) is 0 Å². The maximum atomic E-state index is 5.98. The second kappa shape index (κ2) is 15.6. The third kappa shape index (κ3) is 8.33. The zero-order valence-electron chi connectivity index (χ0n) is 28.9. The van der Waals surface area contributed by atoms with E-state index in [0.717, 1.165) is 73.1 Å². The molecule has 9 atom stereocenters. The first-order chi connectivity index (χ1) is 21.6. The molecule has 9 unspecified atom stereocenters. The van der Waals surface area contributed by atoms with Crippen molar-refractivity contribution in [2.75, 3.05) is 10.2 Å². The van der Waals surface area contributed by atoms with Gasteiger partial charge in [0.2, 0.25) is 0 Å². The number of allylic oxidation sites excluding steroid dienone is 2. The zero-order chi connectivity index (χ0) is 32.1. The normalized spacial score (nSPS) is 32.8. The van der Waals surface area contributed by atoms with Crippen molar-refractivity contribution in [2.45, 2.75) is 108 Å². The smallest absolute Gasteiger partial charge is 0.0966 e. The minimum atomic E-state index is 0.281. The number of nitrogen functional groups attached to an aromatic ring is 1. The monoisotopic (exact) mass is 716 g/mol. The van der Waals surface area contributed by atoms with Crippen LogP contribution in [0, 0.1) is 47.3 Å². The third-order valence-electron chi connectivity index (χ3n) is 12.4. The van der Waals surface area contributed by atoms with E-state index in [0.29, 0.717) is 0 Å². The first-order valence-corrected chi connectivity index (χ1v) is 20.9. The van der Waals surface area contributed by atoms with E-state index < -0.39 is 0 Å². The van der Waals surface area contributed by atoms with Crippen molar-refractivity contribution in [1.29, 1.82) is 0 Å². The van der Waals surface area contributed by atoms with Gasteiger partial charge in [0.15, 0.2) is 0 Å².